The SMILES string of the molecule is CC(C)c1ncc(Br)c(C(N)C(=O)O)n1. The van der Waals surface area contributed by atoms with Crippen LogP contribution in [0.4, 0.5) is 0 Å². The molecule has 0 amide bonds. The minimum Gasteiger partial charge on any atom is -0.480 e. The Labute approximate surface area is 95.9 Å². The van der Waals surface area contributed by atoms with Gasteiger partial charge in [-0.15, -0.1) is 0 Å². The average Bonchev–Trinajstić information content (AvgIpc) is 2.16. The van der Waals surface area contributed by atoms with E-state index in [9.17, 15) is 4.79 Å². The van der Waals surface area contributed by atoms with E-state index in [2.05, 4.69) is 25.9 Å². The molecule has 0 bridgehead atoms. The summed E-state index contributed by atoms with van der Waals surface area (Å²) in [5.74, 6) is -0.383. The van der Waals surface area contributed by atoms with E-state index < -0.39 is 12.0 Å². The van der Waals surface area contributed by atoms with E-state index in [4.69, 9.17) is 10.8 Å². The highest BCUT2D eigenvalue weighted by molar-refractivity contribution is 9.10. The molecular weight excluding hydrogens is 262 g/mol. The Morgan fingerprint density at radius 1 is 1.60 bits per heavy atom. The van der Waals surface area contributed by atoms with E-state index in [1.165, 1.54) is 6.20 Å². The van der Waals surface area contributed by atoms with Crippen LogP contribution >= 0.6 is 15.9 Å². The van der Waals surface area contributed by atoms with Crippen molar-refractivity contribution in [3.05, 3.63) is 22.2 Å². The largest absolute Gasteiger partial charge is 0.480 e. The monoisotopic (exact) mass is 273 g/mol. The minimum absolute atomic E-state index is 0.137. The van der Waals surface area contributed by atoms with Gasteiger partial charge in [0.2, 0.25) is 0 Å². The Balaban J connectivity index is 3.16. The molecule has 0 saturated carbocycles. The molecule has 0 saturated heterocycles. The van der Waals surface area contributed by atoms with Gasteiger partial charge < -0.3 is 10.8 Å². The van der Waals surface area contributed by atoms with Crippen LogP contribution in [0.25, 0.3) is 0 Å². The molecule has 0 aliphatic heterocycles. The van der Waals surface area contributed by atoms with Crippen LogP contribution < -0.4 is 5.73 Å². The van der Waals surface area contributed by atoms with Crippen molar-refractivity contribution in [2.75, 3.05) is 0 Å². The first-order valence-corrected chi connectivity index (χ1v) is 5.23. The van der Waals surface area contributed by atoms with Gasteiger partial charge in [-0.05, 0) is 15.9 Å². The summed E-state index contributed by atoms with van der Waals surface area (Å²) in [4.78, 5) is 18.9. The summed E-state index contributed by atoms with van der Waals surface area (Å²) in [5.41, 5.74) is 5.79. The number of aromatic nitrogens is 2. The molecule has 15 heavy (non-hydrogen) atoms. The third-order valence-corrected chi connectivity index (χ3v) is 2.48. The molecule has 3 N–H and O–H groups in total. The molecule has 0 radical (unpaired) electrons. The number of carboxylic acids is 1. The quantitative estimate of drug-likeness (QED) is 0.870. The van der Waals surface area contributed by atoms with Crippen LogP contribution in [-0.4, -0.2) is 21.0 Å². The van der Waals surface area contributed by atoms with Crippen molar-refractivity contribution in [3.63, 3.8) is 0 Å². The van der Waals surface area contributed by atoms with Gasteiger partial charge in [-0.25, -0.2) is 9.97 Å². The molecule has 1 aromatic heterocycles. The van der Waals surface area contributed by atoms with Crippen LogP contribution in [0.5, 0.6) is 0 Å². The number of aliphatic carboxylic acids is 1. The maximum Gasteiger partial charge on any atom is 0.326 e. The molecule has 82 valence electrons. The Hall–Kier alpha value is -1.01. The molecule has 1 unspecified atom stereocenters. The standard InChI is InChI=1S/C9H12BrN3O2/c1-4(2)8-12-3-5(10)7(13-8)6(11)9(14)15/h3-4,6H,11H2,1-2H3,(H,14,15). The van der Waals surface area contributed by atoms with Gasteiger partial charge in [0.25, 0.3) is 0 Å². The van der Waals surface area contributed by atoms with Crippen molar-refractivity contribution in [1.82, 2.24) is 9.97 Å². The van der Waals surface area contributed by atoms with Gasteiger partial charge in [-0.3, -0.25) is 4.79 Å². The summed E-state index contributed by atoms with van der Waals surface area (Å²) in [6.45, 7) is 3.86. The molecule has 1 aromatic rings. The lowest BCUT2D eigenvalue weighted by atomic mass is 10.1. The fourth-order valence-electron chi connectivity index (χ4n) is 1.01. The Morgan fingerprint density at radius 3 is 2.67 bits per heavy atom. The zero-order chi connectivity index (χ0) is 11.6. The summed E-state index contributed by atoms with van der Waals surface area (Å²) in [6, 6.07) is -1.13. The van der Waals surface area contributed by atoms with Gasteiger partial charge in [-0.1, -0.05) is 13.8 Å². The van der Waals surface area contributed by atoms with Crippen LogP contribution in [0.15, 0.2) is 10.7 Å². The van der Waals surface area contributed by atoms with E-state index in [-0.39, 0.29) is 5.92 Å². The third kappa shape index (κ3) is 2.73. The van der Waals surface area contributed by atoms with E-state index in [0.29, 0.717) is 16.0 Å². The molecule has 1 atom stereocenters. The topological polar surface area (TPSA) is 89.1 Å². The lowest BCUT2D eigenvalue weighted by molar-refractivity contribution is -0.138. The van der Waals surface area contributed by atoms with Gasteiger partial charge in [-0.2, -0.15) is 0 Å². The molecule has 6 heteroatoms. The molecule has 5 nitrogen and oxygen atoms in total. The lowest BCUT2D eigenvalue weighted by Gasteiger charge is -2.10. The highest BCUT2D eigenvalue weighted by atomic mass is 79.9. The highest BCUT2D eigenvalue weighted by Crippen LogP contribution is 2.21. The van der Waals surface area contributed by atoms with Crippen LogP contribution in [0.3, 0.4) is 0 Å². The van der Waals surface area contributed by atoms with Crippen LogP contribution in [0.2, 0.25) is 0 Å². The second kappa shape index (κ2) is 4.67. The number of halogens is 1. The number of nitrogens with two attached hydrogens (primary N) is 1. The third-order valence-electron chi connectivity index (χ3n) is 1.87. The van der Waals surface area contributed by atoms with Gasteiger partial charge in [0.1, 0.15) is 11.9 Å². The molecule has 0 fully saturated rings. The van der Waals surface area contributed by atoms with Crippen LogP contribution in [0.1, 0.15) is 37.3 Å². The number of hydrogen-bond acceptors (Lipinski definition) is 4. The molecule has 0 aromatic carbocycles. The van der Waals surface area contributed by atoms with Crippen molar-refractivity contribution >= 4 is 21.9 Å². The number of rotatable bonds is 3. The van der Waals surface area contributed by atoms with Gasteiger partial charge >= 0.3 is 5.97 Å². The predicted molar refractivity (Wildman–Crippen MR) is 58.4 cm³/mol. The zero-order valence-electron chi connectivity index (χ0n) is 8.44. The van der Waals surface area contributed by atoms with Gasteiger partial charge in [0.15, 0.2) is 0 Å². The van der Waals surface area contributed by atoms with Crippen molar-refractivity contribution < 1.29 is 9.90 Å². The first-order chi connectivity index (χ1) is 6.93. The molecule has 0 spiro atoms. The van der Waals surface area contributed by atoms with Crippen molar-refractivity contribution in [2.45, 2.75) is 25.8 Å². The first-order valence-electron chi connectivity index (χ1n) is 4.44. The van der Waals surface area contributed by atoms with Crippen LogP contribution in [0, 0.1) is 0 Å². The number of carboxylic acid groups (broad SMARTS) is 1. The molecular formula is C9H12BrN3O2. The Kier molecular flexibility index (Phi) is 3.76. The van der Waals surface area contributed by atoms with E-state index in [0.717, 1.165) is 0 Å². The first kappa shape index (κ1) is 12.1. The summed E-state index contributed by atoms with van der Waals surface area (Å²) in [5, 5.41) is 8.78. The van der Waals surface area contributed by atoms with Crippen molar-refractivity contribution in [3.8, 4) is 0 Å². The maximum atomic E-state index is 10.7. The molecule has 0 aliphatic rings. The highest BCUT2D eigenvalue weighted by Gasteiger charge is 2.20. The van der Waals surface area contributed by atoms with Crippen molar-refractivity contribution in [2.24, 2.45) is 5.73 Å². The van der Waals surface area contributed by atoms with E-state index in [1.54, 1.807) is 0 Å². The Bertz CT molecular complexity index is 382. The van der Waals surface area contributed by atoms with Crippen LogP contribution in [-0.2, 0) is 4.79 Å². The van der Waals surface area contributed by atoms with Gasteiger partial charge in [0.05, 0.1) is 10.2 Å². The number of hydrogen-bond donors (Lipinski definition) is 2. The zero-order valence-corrected chi connectivity index (χ0v) is 10.0. The second-order valence-corrected chi connectivity index (χ2v) is 4.29. The maximum absolute atomic E-state index is 10.7. The smallest absolute Gasteiger partial charge is 0.326 e. The van der Waals surface area contributed by atoms with Crippen molar-refractivity contribution in [1.29, 1.82) is 0 Å². The van der Waals surface area contributed by atoms with E-state index >= 15 is 0 Å². The van der Waals surface area contributed by atoms with Gasteiger partial charge in [0, 0.05) is 12.1 Å². The normalized spacial score (nSPS) is 12.9. The molecule has 1 heterocycles. The molecule has 0 aliphatic carbocycles. The summed E-state index contributed by atoms with van der Waals surface area (Å²) in [7, 11) is 0. The predicted octanol–water partition coefficient (Wildman–Crippen LogP) is 1.45. The fourth-order valence-corrected chi connectivity index (χ4v) is 1.45. The average molecular weight is 274 g/mol. The fraction of sp³-hybridized carbons (Fsp3) is 0.444. The molecule has 1 rings (SSSR count). The Morgan fingerprint density at radius 2 is 2.20 bits per heavy atom. The second-order valence-electron chi connectivity index (χ2n) is 3.43. The minimum atomic E-state index is -1.13. The summed E-state index contributed by atoms with van der Waals surface area (Å²) in [6.07, 6.45) is 1.53. The summed E-state index contributed by atoms with van der Waals surface area (Å²) >= 11 is 3.18. The van der Waals surface area contributed by atoms with E-state index in [1.807, 2.05) is 13.8 Å². The lowest BCUT2D eigenvalue weighted by Crippen LogP contribution is -2.23. The summed E-state index contributed by atoms with van der Waals surface area (Å²) < 4.78 is 0.516. The number of carbonyl (C=O) groups is 1. The number of nitrogens with zero attached hydrogens (tertiary/aromatic N) is 2.